The molecular weight excluding hydrogens is 482 g/mol. The number of esters is 1. The number of nitrogens with two attached hydrogens (primary N) is 1. The van der Waals surface area contributed by atoms with Crippen LogP contribution in [0.2, 0.25) is 0 Å². The molecule has 0 bridgehead atoms. The Balaban J connectivity index is 1.34. The van der Waals surface area contributed by atoms with Crippen molar-refractivity contribution < 1.29 is 29.3 Å². The molecular formula is C31H51NO6. The van der Waals surface area contributed by atoms with Crippen molar-refractivity contribution >= 4 is 17.9 Å². The monoisotopic (exact) mass is 533 g/mol. The number of carbonyl (C=O) groups excluding carboxylic acids is 1. The van der Waals surface area contributed by atoms with Gasteiger partial charge in [0, 0.05) is 12.8 Å². The standard InChI is InChI=1S/C31H51NO6/c1-19(6-4-5-7-27(33)34)23-10-11-24-22-9-8-20-18-21(38-29(37)26(32)12-13-28(35)36)14-16-30(20,2)25(22)15-17-31(23,24)3/h19-26H,4-18,32H2,1-3H3,(H,33,34)(H,35,36)/t19-,20?,21?,22?,23?,24?,25?,26+,30?,31?/m1/s1. The maximum absolute atomic E-state index is 12.5. The first-order valence-corrected chi connectivity index (χ1v) is 15.4. The second kappa shape index (κ2) is 11.9. The van der Waals surface area contributed by atoms with E-state index in [4.69, 9.17) is 20.7 Å². The van der Waals surface area contributed by atoms with Crippen molar-refractivity contribution in [1.29, 1.82) is 0 Å². The first-order valence-electron chi connectivity index (χ1n) is 15.4. The van der Waals surface area contributed by atoms with Crippen LogP contribution in [0.3, 0.4) is 0 Å². The Labute approximate surface area is 228 Å². The molecule has 4 fully saturated rings. The second-order valence-corrected chi connectivity index (χ2v) is 13.9. The van der Waals surface area contributed by atoms with Crippen molar-refractivity contribution in [2.24, 2.45) is 52.1 Å². The largest absolute Gasteiger partial charge is 0.481 e. The number of carbonyl (C=O) groups is 3. The molecule has 7 nitrogen and oxygen atoms in total. The van der Waals surface area contributed by atoms with Crippen molar-refractivity contribution in [2.45, 2.75) is 129 Å². The number of carboxylic acid groups (broad SMARTS) is 2. The third kappa shape index (κ3) is 5.93. The van der Waals surface area contributed by atoms with Crippen LogP contribution in [0, 0.1) is 46.3 Å². The quantitative estimate of drug-likeness (QED) is 0.218. The Hall–Kier alpha value is -1.63. The van der Waals surface area contributed by atoms with Crippen LogP contribution in [0.5, 0.6) is 0 Å². The van der Waals surface area contributed by atoms with Gasteiger partial charge in [0.2, 0.25) is 0 Å². The van der Waals surface area contributed by atoms with E-state index in [0.717, 1.165) is 62.2 Å². The molecule has 8 unspecified atom stereocenters. The van der Waals surface area contributed by atoms with Crippen LogP contribution in [-0.2, 0) is 19.1 Å². The molecule has 4 N–H and O–H groups in total. The van der Waals surface area contributed by atoms with Crippen molar-refractivity contribution in [1.82, 2.24) is 0 Å². The zero-order valence-electron chi connectivity index (χ0n) is 23.8. The van der Waals surface area contributed by atoms with E-state index >= 15 is 0 Å². The molecule has 0 radical (unpaired) electrons. The lowest BCUT2D eigenvalue weighted by molar-refractivity contribution is -0.164. The number of ether oxygens (including phenoxy) is 1. The summed E-state index contributed by atoms with van der Waals surface area (Å²) in [5, 5.41) is 17.8. The molecule has 10 atom stereocenters. The van der Waals surface area contributed by atoms with Crippen LogP contribution in [0.1, 0.15) is 117 Å². The molecule has 0 aromatic carbocycles. The lowest BCUT2D eigenvalue weighted by Gasteiger charge is -2.61. The number of carboxylic acids is 2. The van der Waals surface area contributed by atoms with Gasteiger partial charge in [0.15, 0.2) is 0 Å². The van der Waals surface area contributed by atoms with Gasteiger partial charge in [-0.2, -0.15) is 0 Å². The maximum Gasteiger partial charge on any atom is 0.323 e. The van der Waals surface area contributed by atoms with Gasteiger partial charge < -0.3 is 20.7 Å². The van der Waals surface area contributed by atoms with E-state index in [-0.39, 0.29) is 18.9 Å². The number of hydrogen-bond acceptors (Lipinski definition) is 5. The third-order valence-electron chi connectivity index (χ3n) is 11.9. The normalized spacial score (nSPS) is 39.8. The molecule has 4 rings (SSSR count). The molecule has 4 aliphatic rings. The van der Waals surface area contributed by atoms with Gasteiger partial charge >= 0.3 is 17.9 Å². The highest BCUT2D eigenvalue weighted by Crippen LogP contribution is 2.68. The van der Waals surface area contributed by atoms with Gasteiger partial charge in [-0.3, -0.25) is 14.4 Å². The van der Waals surface area contributed by atoms with E-state index in [1.807, 2.05) is 0 Å². The van der Waals surface area contributed by atoms with Crippen LogP contribution in [0.4, 0.5) is 0 Å². The minimum Gasteiger partial charge on any atom is -0.481 e. The first-order chi connectivity index (χ1) is 18.0. The van der Waals surface area contributed by atoms with Crippen LogP contribution < -0.4 is 5.73 Å². The summed E-state index contributed by atoms with van der Waals surface area (Å²) in [6, 6.07) is -0.860. The Morgan fingerprint density at radius 3 is 2.26 bits per heavy atom. The predicted molar refractivity (Wildman–Crippen MR) is 145 cm³/mol. The van der Waals surface area contributed by atoms with Gasteiger partial charge in [0.1, 0.15) is 12.1 Å². The smallest absolute Gasteiger partial charge is 0.323 e. The number of fused-ring (bicyclic) bond motifs is 5. The Morgan fingerprint density at radius 2 is 1.55 bits per heavy atom. The van der Waals surface area contributed by atoms with E-state index in [1.165, 1.54) is 38.5 Å². The first kappa shape index (κ1) is 29.4. The predicted octanol–water partition coefficient (Wildman–Crippen LogP) is 6.03. The molecule has 4 aliphatic carbocycles. The molecule has 216 valence electrons. The number of hydrogen-bond donors (Lipinski definition) is 3. The second-order valence-electron chi connectivity index (χ2n) is 13.9. The van der Waals surface area contributed by atoms with Gasteiger partial charge in [-0.1, -0.05) is 33.6 Å². The third-order valence-corrected chi connectivity index (χ3v) is 11.9. The summed E-state index contributed by atoms with van der Waals surface area (Å²) in [6.07, 6.45) is 13.8. The highest BCUT2D eigenvalue weighted by atomic mass is 16.5. The lowest BCUT2D eigenvalue weighted by Crippen LogP contribution is -2.54. The molecule has 7 heteroatoms. The summed E-state index contributed by atoms with van der Waals surface area (Å²) in [5.41, 5.74) is 6.62. The summed E-state index contributed by atoms with van der Waals surface area (Å²) < 4.78 is 5.81. The molecule has 0 heterocycles. The van der Waals surface area contributed by atoms with Crippen molar-refractivity contribution in [3.8, 4) is 0 Å². The van der Waals surface area contributed by atoms with E-state index in [1.54, 1.807) is 0 Å². The van der Waals surface area contributed by atoms with E-state index in [0.29, 0.717) is 29.1 Å². The fourth-order valence-corrected chi connectivity index (χ4v) is 9.89. The van der Waals surface area contributed by atoms with Gasteiger partial charge in [-0.05, 0) is 117 Å². The minimum atomic E-state index is -0.944. The zero-order valence-corrected chi connectivity index (χ0v) is 23.8. The van der Waals surface area contributed by atoms with Crippen LogP contribution in [-0.4, -0.2) is 40.3 Å². The van der Waals surface area contributed by atoms with Gasteiger partial charge in [-0.25, -0.2) is 0 Å². The number of rotatable bonds is 11. The zero-order chi connectivity index (χ0) is 27.7. The maximum atomic E-state index is 12.5. The molecule has 4 saturated carbocycles. The molecule has 0 spiro atoms. The number of unbranched alkanes of at least 4 members (excludes halogenated alkanes) is 1. The summed E-state index contributed by atoms with van der Waals surface area (Å²) in [5.74, 6) is 2.25. The highest BCUT2D eigenvalue weighted by Gasteiger charge is 2.60. The van der Waals surface area contributed by atoms with Crippen LogP contribution >= 0.6 is 0 Å². The molecule has 0 saturated heterocycles. The van der Waals surface area contributed by atoms with Crippen LogP contribution in [0.15, 0.2) is 0 Å². The van der Waals surface area contributed by atoms with E-state index in [2.05, 4.69) is 20.8 Å². The summed E-state index contributed by atoms with van der Waals surface area (Å²) in [6.45, 7) is 7.52. The molecule has 38 heavy (non-hydrogen) atoms. The topological polar surface area (TPSA) is 127 Å². The number of aliphatic carboxylic acids is 2. The SMILES string of the molecule is C[C@H](CCCCC(=O)O)C1CCC2C3CCC4CC(OC(=O)[C@@H](N)CCC(=O)O)CCC4(C)C3CCC21C. The van der Waals surface area contributed by atoms with E-state index in [9.17, 15) is 14.4 Å². The molecule has 0 amide bonds. The van der Waals surface area contributed by atoms with Gasteiger partial charge in [0.25, 0.3) is 0 Å². The summed E-state index contributed by atoms with van der Waals surface area (Å²) in [4.78, 5) is 34.2. The Kier molecular flexibility index (Phi) is 9.16. The fraction of sp³-hybridized carbons (Fsp3) is 0.903. The van der Waals surface area contributed by atoms with Crippen molar-refractivity contribution in [3.05, 3.63) is 0 Å². The highest BCUT2D eigenvalue weighted by molar-refractivity contribution is 5.76. The van der Waals surface area contributed by atoms with E-state index < -0.39 is 23.9 Å². The molecule has 0 aliphatic heterocycles. The summed E-state index contributed by atoms with van der Waals surface area (Å²) in [7, 11) is 0. The Morgan fingerprint density at radius 1 is 0.868 bits per heavy atom. The van der Waals surface area contributed by atoms with Gasteiger partial charge in [0.05, 0.1) is 0 Å². The summed E-state index contributed by atoms with van der Waals surface area (Å²) >= 11 is 0. The van der Waals surface area contributed by atoms with Crippen molar-refractivity contribution in [3.63, 3.8) is 0 Å². The van der Waals surface area contributed by atoms with Crippen molar-refractivity contribution in [2.75, 3.05) is 0 Å². The minimum absolute atomic E-state index is 0.0975. The fourth-order valence-electron chi connectivity index (χ4n) is 9.89. The van der Waals surface area contributed by atoms with Crippen LogP contribution in [0.25, 0.3) is 0 Å². The molecule has 0 aromatic rings. The van der Waals surface area contributed by atoms with Gasteiger partial charge in [-0.15, -0.1) is 0 Å². The average Bonchev–Trinajstić information content (AvgIpc) is 3.22. The average molecular weight is 534 g/mol. The lowest BCUT2D eigenvalue weighted by atomic mass is 9.44. The Bertz CT molecular complexity index is 876. The molecule has 0 aromatic heterocycles.